The van der Waals surface area contributed by atoms with Crippen molar-refractivity contribution in [2.75, 3.05) is 5.32 Å². The molecule has 1 atom stereocenters. The zero-order chi connectivity index (χ0) is 20.5. The zero-order valence-electron chi connectivity index (χ0n) is 14.2. The van der Waals surface area contributed by atoms with Gasteiger partial charge in [-0.2, -0.15) is 13.2 Å². The van der Waals surface area contributed by atoms with E-state index < -0.39 is 34.4 Å². The Morgan fingerprint density at radius 2 is 1.96 bits per heavy atom. The van der Waals surface area contributed by atoms with E-state index in [0.717, 1.165) is 17.0 Å². The van der Waals surface area contributed by atoms with Crippen molar-refractivity contribution in [1.82, 2.24) is 4.98 Å². The van der Waals surface area contributed by atoms with Gasteiger partial charge in [0, 0.05) is 29.6 Å². The Labute approximate surface area is 155 Å². The molecule has 0 saturated heterocycles. The molecule has 146 valence electrons. The van der Waals surface area contributed by atoms with Gasteiger partial charge in [-0.25, -0.2) is 4.79 Å². The summed E-state index contributed by atoms with van der Waals surface area (Å²) in [7, 11) is 0. The van der Waals surface area contributed by atoms with Crippen LogP contribution in [-0.2, 0) is 17.4 Å². The van der Waals surface area contributed by atoms with Crippen LogP contribution >= 0.6 is 0 Å². The van der Waals surface area contributed by atoms with E-state index in [9.17, 15) is 33.2 Å². The fraction of sp³-hybridized carbons (Fsp3) is 0.167. The van der Waals surface area contributed by atoms with E-state index in [4.69, 9.17) is 0 Å². The van der Waals surface area contributed by atoms with E-state index in [2.05, 4.69) is 10.3 Å². The number of carboxylic acids is 1. The lowest BCUT2D eigenvalue weighted by atomic mass is 10.0. The van der Waals surface area contributed by atoms with Crippen LogP contribution in [0.1, 0.15) is 11.1 Å². The van der Waals surface area contributed by atoms with Gasteiger partial charge in [0.15, 0.2) is 0 Å². The summed E-state index contributed by atoms with van der Waals surface area (Å²) in [5.41, 5.74) is -0.884. The van der Waals surface area contributed by atoms with Crippen LogP contribution in [0.15, 0.2) is 48.7 Å². The average Bonchev–Trinajstić information content (AvgIpc) is 3.03. The first-order valence-corrected chi connectivity index (χ1v) is 8.07. The Bertz CT molecular complexity index is 1050. The van der Waals surface area contributed by atoms with Gasteiger partial charge in [-0.15, -0.1) is 0 Å². The molecule has 0 radical (unpaired) electrons. The number of hydrogen-bond acceptors (Lipinski definition) is 4. The molecule has 0 aliphatic heterocycles. The number of carboxylic acid groups (broad SMARTS) is 1. The summed E-state index contributed by atoms with van der Waals surface area (Å²) in [6.07, 6.45) is -3.15. The molecule has 3 aromatic rings. The molecule has 10 heteroatoms. The van der Waals surface area contributed by atoms with Crippen molar-refractivity contribution >= 4 is 28.2 Å². The zero-order valence-corrected chi connectivity index (χ0v) is 14.2. The lowest BCUT2D eigenvalue weighted by Crippen LogP contribution is -2.31. The SMILES string of the molecule is O=C(O)C(Cc1c[nH]c2ccccc12)Nc1ccc(C(F)(F)F)cc1[N+](=O)[O-]. The number of alkyl halides is 3. The summed E-state index contributed by atoms with van der Waals surface area (Å²) in [5.74, 6) is -1.29. The number of carbonyl (C=O) groups is 1. The van der Waals surface area contributed by atoms with Gasteiger partial charge in [0.2, 0.25) is 0 Å². The number of nitro groups is 1. The highest BCUT2D eigenvalue weighted by atomic mass is 19.4. The second-order valence-corrected chi connectivity index (χ2v) is 6.09. The molecular weight excluding hydrogens is 379 g/mol. The number of fused-ring (bicyclic) bond motifs is 1. The van der Waals surface area contributed by atoms with Crippen molar-refractivity contribution < 1.29 is 28.0 Å². The highest BCUT2D eigenvalue weighted by Crippen LogP contribution is 2.35. The van der Waals surface area contributed by atoms with Gasteiger partial charge < -0.3 is 15.4 Å². The first kappa shape index (κ1) is 19.2. The fourth-order valence-electron chi connectivity index (χ4n) is 2.89. The lowest BCUT2D eigenvalue weighted by Gasteiger charge is -2.16. The molecule has 28 heavy (non-hydrogen) atoms. The maximum atomic E-state index is 12.8. The van der Waals surface area contributed by atoms with E-state index in [1.54, 1.807) is 24.4 Å². The second-order valence-electron chi connectivity index (χ2n) is 6.09. The van der Waals surface area contributed by atoms with Gasteiger partial charge in [0.05, 0.1) is 10.5 Å². The molecule has 0 saturated carbocycles. The molecule has 0 spiro atoms. The summed E-state index contributed by atoms with van der Waals surface area (Å²) in [6, 6.07) is 7.82. The number of hydrogen-bond donors (Lipinski definition) is 3. The van der Waals surface area contributed by atoms with Gasteiger partial charge >= 0.3 is 12.1 Å². The van der Waals surface area contributed by atoms with E-state index >= 15 is 0 Å². The quantitative estimate of drug-likeness (QED) is 0.430. The van der Waals surface area contributed by atoms with Crippen molar-refractivity contribution in [3.63, 3.8) is 0 Å². The van der Waals surface area contributed by atoms with Gasteiger partial charge in [-0.3, -0.25) is 10.1 Å². The van der Waals surface area contributed by atoms with E-state index in [-0.39, 0.29) is 12.1 Å². The largest absolute Gasteiger partial charge is 0.480 e. The molecule has 3 N–H and O–H groups in total. The lowest BCUT2D eigenvalue weighted by molar-refractivity contribution is -0.384. The minimum absolute atomic E-state index is 0.0302. The number of nitro benzene ring substituents is 1. The average molecular weight is 393 g/mol. The van der Waals surface area contributed by atoms with Crippen LogP contribution in [0.4, 0.5) is 24.5 Å². The van der Waals surface area contributed by atoms with Crippen molar-refractivity contribution in [2.45, 2.75) is 18.6 Å². The minimum atomic E-state index is -4.75. The highest BCUT2D eigenvalue weighted by Gasteiger charge is 2.33. The van der Waals surface area contributed by atoms with E-state index in [1.165, 1.54) is 0 Å². The molecule has 1 aromatic heterocycles. The second kappa shape index (κ2) is 7.22. The third-order valence-electron chi connectivity index (χ3n) is 4.25. The summed E-state index contributed by atoms with van der Waals surface area (Å²) in [6.45, 7) is 0. The summed E-state index contributed by atoms with van der Waals surface area (Å²) in [4.78, 5) is 24.9. The molecular formula is C18H14F3N3O4. The molecule has 3 rings (SSSR count). The van der Waals surface area contributed by atoms with Crippen LogP contribution in [0.2, 0.25) is 0 Å². The van der Waals surface area contributed by atoms with E-state index in [0.29, 0.717) is 17.7 Å². The smallest absolute Gasteiger partial charge is 0.416 e. The number of anilines is 1. The molecule has 7 nitrogen and oxygen atoms in total. The Morgan fingerprint density at radius 1 is 1.25 bits per heavy atom. The first-order valence-electron chi connectivity index (χ1n) is 8.07. The third-order valence-corrected chi connectivity index (χ3v) is 4.25. The van der Waals surface area contributed by atoms with Gasteiger partial charge in [-0.05, 0) is 23.8 Å². The number of aromatic amines is 1. The number of rotatable bonds is 6. The van der Waals surface area contributed by atoms with Crippen LogP contribution in [0, 0.1) is 10.1 Å². The molecule has 0 fully saturated rings. The number of para-hydroxylation sites is 1. The van der Waals surface area contributed by atoms with Crippen LogP contribution in [0.5, 0.6) is 0 Å². The third kappa shape index (κ3) is 3.90. The predicted molar refractivity (Wildman–Crippen MR) is 95.1 cm³/mol. The number of H-pyrrole nitrogens is 1. The first-order chi connectivity index (χ1) is 13.2. The monoisotopic (exact) mass is 393 g/mol. The Kier molecular flexibility index (Phi) is 4.95. The topological polar surface area (TPSA) is 108 Å². The summed E-state index contributed by atoms with van der Waals surface area (Å²) < 4.78 is 38.4. The number of benzene rings is 2. The molecule has 2 aromatic carbocycles. The van der Waals surface area contributed by atoms with Crippen molar-refractivity contribution in [1.29, 1.82) is 0 Å². The Morgan fingerprint density at radius 3 is 2.61 bits per heavy atom. The number of aliphatic carboxylic acids is 1. The summed E-state index contributed by atoms with van der Waals surface area (Å²) in [5, 5.41) is 24.0. The minimum Gasteiger partial charge on any atom is -0.480 e. The fourth-order valence-corrected chi connectivity index (χ4v) is 2.89. The summed E-state index contributed by atoms with van der Waals surface area (Å²) >= 11 is 0. The maximum Gasteiger partial charge on any atom is 0.416 e. The molecule has 0 bridgehead atoms. The van der Waals surface area contributed by atoms with Crippen LogP contribution in [0.3, 0.4) is 0 Å². The number of nitrogens with zero attached hydrogens (tertiary/aromatic N) is 1. The number of nitrogens with one attached hydrogen (secondary N) is 2. The maximum absolute atomic E-state index is 12.8. The standard InChI is InChI=1S/C18H14F3N3O4/c19-18(20,21)11-5-6-14(16(8-11)24(27)28)23-15(17(25)26)7-10-9-22-13-4-2-1-3-12(10)13/h1-6,8-9,15,22-23H,7H2,(H,25,26). The number of aromatic nitrogens is 1. The van der Waals surface area contributed by atoms with E-state index in [1.807, 2.05) is 6.07 Å². The highest BCUT2D eigenvalue weighted by molar-refractivity contribution is 5.85. The normalized spacial score (nSPS) is 12.7. The van der Waals surface area contributed by atoms with Gasteiger partial charge in [-0.1, -0.05) is 18.2 Å². The van der Waals surface area contributed by atoms with Crippen molar-refractivity contribution in [3.8, 4) is 0 Å². The van der Waals surface area contributed by atoms with Gasteiger partial charge in [0.25, 0.3) is 5.69 Å². The predicted octanol–water partition coefficient (Wildman–Crippen LogP) is 4.20. The molecule has 0 aliphatic rings. The molecule has 0 amide bonds. The molecule has 1 heterocycles. The molecule has 0 aliphatic carbocycles. The van der Waals surface area contributed by atoms with Crippen molar-refractivity contribution in [3.05, 3.63) is 69.9 Å². The van der Waals surface area contributed by atoms with Crippen LogP contribution in [-0.4, -0.2) is 27.0 Å². The Hall–Kier alpha value is -3.56. The van der Waals surface area contributed by atoms with Crippen molar-refractivity contribution in [2.24, 2.45) is 0 Å². The molecule has 1 unspecified atom stereocenters. The Balaban J connectivity index is 1.92. The van der Waals surface area contributed by atoms with Crippen LogP contribution < -0.4 is 5.32 Å². The number of halogens is 3. The van der Waals surface area contributed by atoms with Gasteiger partial charge in [0.1, 0.15) is 11.7 Å². The van der Waals surface area contributed by atoms with Crippen LogP contribution in [0.25, 0.3) is 10.9 Å².